The van der Waals surface area contributed by atoms with Crippen molar-refractivity contribution < 1.29 is 14.3 Å². The maximum atomic E-state index is 12.7. The lowest BCUT2D eigenvalue weighted by atomic mass is 10.0. The third-order valence-electron chi connectivity index (χ3n) is 5.05. The summed E-state index contributed by atoms with van der Waals surface area (Å²) >= 11 is 0. The molecule has 0 atom stereocenters. The molecule has 0 saturated heterocycles. The number of pyridine rings is 1. The lowest BCUT2D eigenvalue weighted by Gasteiger charge is -2.30. The first-order valence-corrected chi connectivity index (χ1v) is 9.54. The molecule has 29 heavy (non-hydrogen) atoms. The predicted octanol–water partition coefficient (Wildman–Crippen LogP) is 4.44. The number of carbonyl (C=O) groups is 1. The van der Waals surface area contributed by atoms with Crippen LogP contribution in [0.1, 0.15) is 22.3 Å². The highest BCUT2D eigenvalue weighted by Gasteiger charge is 2.19. The molecule has 1 aromatic heterocycles. The van der Waals surface area contributed by atoms with Gasteiger partial charge in [0.1, 0.15) is 17.3 Å². The molecule has 1 N–H and O–H groups in total. The van der Waals surface area contributed by atoms with Gasteiger partial charge in [0.05, 0.1) is 25.5 Å². The van der Waals surface area contributed by atoms with Crippen molar-refractivity contribution in [3.05, 3.63) is 71.9 Å². The van der Waals surface area contributed by atoms with Gasteiger partial charge >= 0.3 is 0 Å². The molecule has 0 spiro atoms. The standard InChI is InChI=1S/C23H23N3O3/c1-28-18-10-11-19(21(14-18)29-2)25-23(27)17-9-12-22(24-15-17)26-13-5-7-16-6-3-4-8-20(16)26/h3-4,6,8-12,14-15H,5,7,13H2,1-2H3,(H,25,27). The SMILES string of the molecule is COc1ccc(NC(=O)c2ccc(N3CCCc4ccccc43)nc2)c(OC)c1. The monoisotopic (exact) mass is 389 g/mol. The predicted molar refractivity (Wildman–Crippen MR) is 114 cm³/mol. The molecule has 1 aliphatic rings. The zero-order chi connectivity index (χ0) is 20.2. The van der Waals surface area contributed by atoms with Crippen LogP contribution in [0.2, 0.25) is 0 Å². The Morgan fingerprint density at radius 3 is 2.69 bits per heavy atom. The molecule has 6 heteroatoms. The van der Waals surface area contributed by atoms with Crippen LogP contribution >= 0.6 is 0 Å². The zero-order valence-corrected chi connectivity index (χ0v) is 16.5. The minimum absolute atomic E-state index is 0.244. The van der Waals surface area contributed by atoms with Gasteiger partial charge in [-0.2, -0.15) is 0 Å². The number of anilines is 3. The van der Waals surface area contributed by atoms with Gasteiger partial charge in [-0.15, -0.1) is 0 Å². The van der Waals surface area contributed by atoms with Crippen molar-refractivity contribution in [2.75, 3.05) is 31.0 Å². The topological polar surface area (TPSA) is 63.7 Å². The van der Waals surface area contributed by atoms with Gasteiger partial charge in [-0.3, -0.25) is 4.79 Å². The fourth-order valence-electron chi connectivity index (χ4n) is 3.55. The number of aryl methyl sites for hydroxylation is 1. The highest BCUT2D eigenvalue weighted by Crippen LogP contribution is 2.32. The molecule has 0 unspecified atom stereocenters. The lowest BCUT2D eigenvalue weighted by molar-refractivity contribution is 0.102. The first-order chi connectivity index (χ1) is 14.2. The Balaban J connectivity index is 1.52. The minimum atomic E-state index is -0.244. The van der Waals surface area contributed by atoms with E-state index in [-0.39, 0.29) is 5.91 Å². The molecule has 4 rings (SSSR count). The molecule has 1 amide bonds. The summed E-state index contributed by atoms with van der Waals surface area (Å²) in [6.07, 6.45) is 3.77. The summed E-state index contributed by atoms with van der Waals surface area (Å²) in [7, 11) is 3.14. The molecule has 0 bridgehead atoms. The highest BCUT2D eigenvalue weighted by molar-refractivity contribution is 6.05. The van der Waals surface area contributed by atoms with Gasteiger partial charge in [-0.05, 0) is 48.7 Å². The van der Waals surface area contributed by atoms with Crippen molar-refractivity contribution >= 4 is 23.1 Å². The van der Waals surface area contributed by atoms with Crippen molar-refractivity contribution in [1.29, 1.82) is 0 Å². The van der Waals surface area contributed by atoms with E-state index in [0.717, 1.165) is 25.2 Å². The van der Waals surface area contributed by atoms with Crippen LogP contribution in [-0.4, -0.2) is 31.7 Å². The lowest BCUT2D eigenvalue weighted by Crippen LogP contribution is -2.25. The Kier molecular flexibility index (Phi) is 5.33. The molecule has 0 radical (unpaired) electrons. The van der Waals surface area contributed by atoms with Crippen LogP contribution in [0.5, 0.6) is 11.5 Å². The first-order valence-electron chi connectivity index (χ1n) is 9.54. The number of rotatable bonds is 5. The van der Waals surface area contributed by atoms with E-state index in [1.165, 1.54) is 11.3 Å². The summed E-state index contributed by atoms with van der Waals surface area (Å²) in [4.78, 5) is 19.4. The molecule has 6 nitrogen and oxygen atoms in total. The fourth-order valence-corrected chi connectivity index (χ4v) is 3.55. The summed E-state index contributed by atoms with van der Waals surface area (Å²) in [5.74, 6) is 1.79. The van der Waals surface area contributed by atoms with E-state index in [1.807, 2.05) is 12.1 Å². The van der Waals surface area contributed by atoms with Crippen LogP contribution in [0.25, 0.3) is 0 Å². The Bertz CT molecular complexity index is 1020. The van der Waals surface area contributed by atoms with Gasteiger partial charge in [0.2, 0.25) is 0 Å². The molecular weight excluding hydrogens is 366 g/mol. The number of aromatic nitrogens is 1. The van der Waals surface area contributed by atoms with E-state index in [2.05, 4.69) is 33.4 Å². The molecule has 2 heterocycles. The summed E-state index contributed by atoms with van der Waals surface area (Å²) in [5, 5.41) is 2.87. The van der Waals surface area contributed by atoms with Gasteiger partial charge in [-0.25, -0.2) is 4.98 Å². The number of methoxy groups -OCH3 is 2. The largest absolute Gasteiger partial charge is 0.497 e. The summed E-state index contributed by atoms with van der Waals surface area (Å²) in [5.41, 5.74) is 3.57. The van der Waals surface area contributed by atoms with Crippen molar-refractivity contribution in [3.8, 4) is 11.5 Å². The van der Waals surface area contributed by atoms with Crippen molar-refractivity contribution in [1.82, 2.24) is 4.98 Å². The van der Waals surface area contributed by atoms with E-state index < -0.39 is 0 Å². The maximum absolute atomic E-state index is 12.7. The normalized spacial score (nSPS) is 12.8. The van der Waals surface area contributed by atoms with E-state index in [9.17, 15) is 4.79 Å². The highest BCUT2D eigenvalue weighted by atomic mass is 16.5. The summed E-state index contributed by atoms with van der Waals surface area (Å²) < 4.78 is 10.5. The van der Waals surface area contributed by atoms with Crippen LogP contribution < -0.4 is 19.7 Å². The zero-order valence-electron chi connectivity index (χ0n) is 16.5. The molecule has 0 saturated carbocycles. The average Bonchev–Trinajstić information content (AvgIpc) is 2.79. The number of amides is 1. The fraction of sp³-hybridized carbons (Fsp3) is 0.217. The number of ether oxygens (including phenoxy) is 2. The molecular formula is C23H23N3O3. The van der Waals surface area contributed by atoms with Crippen molar-refractivity contribution in [2.24, 2.45) is 0 Å². The van der Waals surface area contributed by atoms with Gasteiger partial charge in [0.25, 0.3) is 5.91 Å². The second-order valence-corrected chi connectivity index (χ2v) is 6.81. The van der Waals surface area contributed by atoms with Crippen molar-refractivity contribution in [2.45, 2.75) is 12.8 Å². The molecule has 2 aromatic carbocycles. The second kappa shape index (κ2) is 8.22. The average molecular weight is 389 g/mol. The first kappa shape index (κ1) is 18.8. The van der Waals surface area contributed by atoms with E-state index in [4.69, 9.17) is 9.47 Å². The van der Waals surface area contributed by atoms with E-state index >= 15 is 0 Å². The van der Waals surface area contributed by atoms with Crippen LogP contribution in [0.4, 0.5) is 17.2 Å². The number of para-hydroxylation sites is 1. The third-order valence-corrected chi connectivity index (χ3v) is 5.05. The minimum Gasteiger partial charge on any atom is -0.497 e. The number of carbonyl (C=O) groups excluding carboxylic acids is 1. The van der Waals surface area contributed by atoms with Crippen molar-refractivity contribution in [3.63, 3.8) is 0 Å². The van der Waals surface area contributed by atoms with Crippen LogP contribution in [0, 0.1) is 0 Å². The number of nitrogens with one attached hydrogen (secondary N) is 1. The Morgan fingerprint density at radius 2 is 1.93 bits per heavy atom. The summed E-state index contributed by atoms with van der Waals surface area (Å²) in [6.45, 7) is 0.915. The van der Waals surface area contributed by atoms with Gasteiger partial charge in [-0.1, -0.05) is 18.2 Å². The number of nitrogens with zero attached hydrogens (tertiary/aromatic N) is 2. The van der Waals surface area contributed by atoms with Gasteiger partial charge < -0.3 is 19.7 Å². The molecule has 3 aromatic rings. The molecule has 0 fully saturated rings. The van der Waals surface area contributed by atoms with Gasteiger partial charge in [0, 0.05) is 24.5 Å². The number of hydrogen-bond donors (Lipinski definition) is 1. The quantitative estimate of drug-likeness (QED) is 0.699. The Morgan fingerprint density at radius 1 is 1.07 bits per heavy atom. The van der Waals surface area contributed by atoms with Crippen LogP contribution in [0.3, 0.4) is 0 Å². The third kappa shape index (κ3) is 3.87. The number of fused-ring (bicyclic) bond motifs is 1. The van der Waals surface area contributed by atoms with Crippen LogP contribution in [-0.2, 0) is 6.42 Å². The summed E-state index contributed by atoms with van der Waals surface area (Å²) in [6, 6.07) is 17.3. The van der Waals surface area contributed by atoms with E-state index in [1.54, 1.807) is 44.7 Å². The molecule has 0 aliphatic carbocycles. The number of hydrogen-bond acceptors (Lipinski definition) is 5. The van der Waals surface area contributed by atoms with Gasteiger partial charge in [0.15, 0.2) is 0 Å². The molecule has 148 valence electrons. The van der Waals surface area contributed by atoms with Crippen LogP contribution in [0.15, 0.2) is 60.8 Å². The Labute approximate surface area is 170 Å². The maximum Gasteiger partial charge on any atom is 0.257 e. The Hall–Kier alpha value is -3.54. The smallest absolute Gasteiger partial charge is 0.257 e. The second-order valence-electron chi connectivity index (χ2n) is 6.81. The number of benzene rings is 2. The van der Waals surface area contributed by atoms with E-state index in [0.29, 0.717) is 22.7 Å². The molecule has 1 aliphatic heterocycles.